The molecule has 1 aromatic heterocycles. The van der Waals surface area contributed by atoms with E-state index >= 15 is 0 Å². The lowest BCUT2D eigenvalue weighted by atomic mass is 10.6. The fourth-order valence-corrected chi connectivity index (χ4v) is 1.02. The molecule has 1 N–H and O–H groups in total. The van der Waals surface area contributed by atoms with Crippen LogP contribution in [-0.4, -0.2) is 15.1 Å². The lowest BCUT2D eigenvalue weighted by molar-refractivity contribution is 0.470. The largest absolute Gasteiger partial charge is 0.503 e. The molecule has 6 heteroatoms. The molecule has 0 radical (unpaired) electrons. The lowest BCUT2D eigenvalue weighted by Crippen LogP contribution is -1.84. The number of rotatable bonds is 0. The molecule has 0 aliphatic rings. The van der Waals surface area contributed by atoms with Crippen LogP contribution in [0, 0.1) is 0 Å². The maximum absolute atomic E-state index is 8.88. The second-order valence-corrected chi connectivity index (χ2v) is 2.48. The molecule has 0 bridgehead atoms. The minimum absolute atomic E-state index is 0.0900. The predicted molar refractivity (Wildman–Crippen MR) is 38.7 cm³/mol. The Balaban J connectivity index is 3.31. The van der Waals surface area contributed by atoms with Gasteiger partial charge in [-0.3, -0.25) is 0 Å². The molecule has 0 amide bonds. The second kappa shape index (κ2) is 2.78. The summed E-state index contributed by atoms with van der Waals surface area (Å²) < 4.78 is 0. The Morgan fingerprint density at radius 2 is 1.40 bits per heavy atom. The van der Waals surface area contributed by atoms with E-state index in [0.29, 0.717) is 0 Å². The second-order valence-electron chi connectivity index (χ2n) is 1.42. The zero-order valence-corrected chi connectivity index (χ0v) is 6.74. The van der Waals surface area contributed by atoms with Gasteiger partial charge < -0.3 is 5.11 Å². The van der Waals surface area contributed by atoms with Crippen LogP contribution in [0.3, 0.4) is 0 Å². The van der Waals surface area contributed by atoms with Crippen LogP contribution in [-0.2, 0) is 0 Å². The third-order valence-electron chi connectivity index (χ3n) is 0.772. The minimum atomic E-state index is -0.354. The number of halogens is 3. The maximum Gasteiger partial charge on any atom is 0.225 e. The van der Waals surface area contributed by atoms with Crippen LogP contribution >= 0.6 is 34.8 Å². The van der Waals surface area contributed by atoms with Gasteiger partial charge in [0.05, 0.1) is 0 Å². The monoisotopic (exact) mass is 198 g/mol. The molecule has 1 aromatic rings. The highest BCUT2D eigenvalue weighted by atomic mass is 35.5. The van der Waals surface area contributed by atoms with E-state index in [1.54, 1.807) is 0 Å². The third-order valence-corrected chi connectivity index (χ3v) is 1.47. The van der Waals surface area contributed by atoms with Gasteiger partial charge in [0.1, 0.15) is 0 Å². The number of hydrogen-bond donors (Lipinski definition) is 1. The molecule has 1 heterocycles. The SMILES string of the molecule is Oc1c(Cl)nc(Cl)nc1Cl. The topological polar surface area (TPSA) is 46.0 Å². The van der Waals surface area contributed by atoms with E-state index in [1.807, 2.05) is 0 Å². The molecule has 3 nitrogen and oxygen atoms in total. The average Bonchev–Trinajstić information content (AvgIpc) is 1.82. The van der Waals surface area contributed by atoms with Crippen molar-refractivity contribution < 1.29 is 5.11 Å². The van der Waals surface area contributed by atoms with Gasteiger partial charge in [-0.2, -0.15) is 0 Å². The van der Waals surface area contributed by atoms with Gasteiger partial charge in [-0.05, 0) is 11.6 Å². The fraction of sp³-hybridized carbons (Fsp3) is 0. The summed E-state index contributed by atoms with van der Waals surface area (Å²) in [5.41, 5.74) is 0. The summed E-state index contributed by atoms with van der Waals surface area (Å²) in [5.74, 6) is -0.354. The van der Waals surface area contributed by atoms with Crippen molar-refractivity contribution in [1.82, 2.24) is 9.97 Å². The Morgan fingerprint density at radius 3 is 1.80 bits per heavy atom. The molecule has 0 saturated heterocycles. The van der Waals surface area contributed by atoms with Crippen molar-refractivity contribution in [1.29, 1.82) is 0 Å². The quantitative estimate of drug-likeness (QED) is 0.514. The van der Waals surface area contributed by atoms with Crippen molar-refractivity contribution in [2.75, 3.05) is 0 Å². The Bertz CT molecular complexity index is 242. The number of nitrogens with zero attached hydrogens (tertiary/aromatic N) is 2. The van der Waals surface area contributed by atoms with Crippen LogP contribution in [0.1, 0.15) is 0 Å². The van der Waals surface area contributed by atoms with Crippen molar-refractivity contribution in [2.45, 2.75) is 0 Å². The first-order chi connectivity index (χ1) is 4.61. The third kappa shape index (κ3) is 1.42. The van der Waals surface area contributed by atoms with E-state index in [0.717, 1.165) is 0 Å². The molecule has 0 fully saturated rings. The molecule has 1 rings (SSSR count). The van der Waals surface area contributed by atoms with Crippen LogP contribution in [0.2, 0.25) is 15.6 Å². The van der Waals surface area contributed by atoms with Gasteiger partial charge in [0.2, 0.25) is 5.28 Å². The van der Waals surface area contributed by atoms with Gasteiger partial charge in [0.15, 0.2) is 16.1 Å². The molecular weight excluding hydrogens is 198 g/mol. The Labute approximate surface area is 71.6 Å². The molecule has 0 aliphatic carbocycles. The number of aromatic hydroxyl groups is 1. The summed E-state index contributed by atoms with van der Waals surface area (Å²) >= 11 is 16.0. The van der Waals surface area contributed by atoms with E-state index in [2.05, 4.69) is 9.97 Å². The predicted octanol–water partition coefficient (Wildman–Crippen LogP) is 2.14. The first-order valence-electron chi connectivity index (χ1n) is 2.18. The van der Waals surface area contributed by atoms with Gasteiger partial charge in [-0.25, -0.2) is 9.97 Å². The molecule has 54 valence electrons. The van der Waals surface area contributed by atoms with Gasteiger partial charge in [-0.15, -0.1) is 0 Å². The smallest absolute Gasteiger partial charge is 0.225 e. The molecule has 0 aliphatic heterocycles. The summed E-state index contributed by atoms with van der Waals surface area (Å²) in [6.07, 6.45) is 0. The molecule has 0 atom stereocenters. The minimum Gasteiger partial charge on any atom is -0.503 e. The Kier molecular flexibility index (Phi) is 2.18. The fourth-order valence-electron chi connectivity index (χ4n) is 0.378. The van der Waals surface area contributed by atoms with Crippen LogP contribution in [0.4, 0.5) is 0 Å². The number of hydrogen-bond acceptors (Lipinski definition) is 3. The van der Waals surface area contributed by atoms with Gasteiger partial charge >= 0.3 is 0 Å². The van der Waals surface area contributed by atoms with E-state index < -0.39 is 0 Å². The summed E-state index contributed by atoms with van der Waals surface area (Å²) in [4.78, 5) is 6.84. The van der Waals surface area contributed by atoms with E-state index in [-0.39, 0.29) is 21.3 Å². The average molecular weight is 199 g/mol. The van der Waals surface area contributed by atoms with Crippen LogP contribution in [0.5, 0.6) is 5.75 Å². The molecule has 10 heavy (non-hydrogen) atoms. The maximum atomic E-state index is 8.88. The van der Waals surface area contributed by atoms with Crippen molar-refractivity contribution in [2.24, 2.45) is 0 Å². The van der Waals surface area contributed by atoms with Crippen molar-refractivity contribution >= 4 is 34.8 Å². The van der Waals surface area contributed by atoms with Crippen LogP contribution in [0.25, 0.3) is 0 Å². The zero-order chi connectivity index (χ0) is 7.72. The van der Waals surface area contributed by atoms with Crippen LogP contribution < -0.4 is 0 Å². The van der Waals surface area contributed by atoms with Gasteiger partial charge in [-0.1, -0.05) is 23.2 Å². The summed E-state index contributed by atoms with van der Waals surface area (Å²) in [5, 5.41) is 8.50. The van der Waals surface area contributed by atoms with E-state index in [9.17, 15) is 0 Å². The summed E-state index contributed by atoms with van der Waals surface area (Å²) in [6, 6.07) is 0. The van der Waals surface area contributed by atoms with Crippen LogP contribution in [0.15, 0.2) is 0 Å². The molecule has 0 aromatic carbocycles. The van der Waals surface area contributed by atoms with Crippen molar-refractivity contribution in [3.63, 3.8) is 0 Å². The van der Waals surface area contributed by atoms with Gasteiger partial charge in [0, 0.05) is 0 Å². The zero-order valence-electron chi connectivity index (χ0n) is 4.48. The molecule has 0 unspecified atom stereocenters. The Hall–Kier alpha value is -0.250. The highest BCUT2D eigenvalue weighted by Gasteiger charge is 2.07. The normalized spacial score (nSPS) is 9.90. The lowest BCUT2D eigenvalue weighted by Gasteiger charge is -1.96. The molecule has 0 spiro atoms. The summed E-state index contributed by atoms with van der Waals surface area (Å²) in [7, 11) is 0. The standard InChI is InChI=1S/C4HCl3N2O/c5-2-1(10)3(6)9-4(7)8-2/h10H. The molecule has 0 saturated carbocycles. The first-order valence-corrected chi connectivity index (χ1v) is 3.32. The van der Waals surface area contributed by atoms with E-state index in [1.165, 1.54) is 0 Å². The van der Waals surface area contributed by atoms with E-state index in [4.69, 9.17) is 39.9 Å². The van der Waals surface area contributed by atoms with Gasteiger partial charge in [0.25, 0.3) is 0 Å². The van der Waals surface area contributed by atoms with Crippen molar-refractivity contribution in [3.8, 4) is 5.75 Å². The highest BCUT2D eigenvalue weighted by molar-refractivity contribution is 6.37. The Morgan fingerprint density at radius 1 is 1.00 bits per heavy atom. The molecular formula is C4HCl3N2O. The van der Waals surface area contributed by atoms with Crippen molar-refractivity contribution in [3.05, 3.63) is 15.6 Å². The summed E-state index contributed by atoms with van der Waals surface area (Å²) in [6.45, 7) is 0. The highest BCUT2D eigenvalue weighted by Crippen LogP contribution is 2.28. The first kappa shape index (κ1) is 7.85. The number of aromatic nitrogens is 2.